The number of furan rings is 1. The average molecular weight is 306 g/mol. The fourth-order valence-electron chi connectivity index (χ4n) is 2.84. The molecule has 1 unspecified atom stereocenters. The molecule has 1 N–H and O–H groups in total. The summed E-state index contributed by atoms with van der Waals surface area (Å²) < 4.78 is 5.15. The SMILES string of the molecule is CCCCCCNC(=O)C1CCCN(C(=O)c2ccco2)C1. The Kier molecular flexibility index (Phi) is 6.49. The molecule has 0 spiro atoms. The maximum atomic E-state index is 12.3. The lowest BCUT2D eigenvalue weighted by Crippen LogP contribution is -2.45. The number of amides is 2. The molecule has 1 saturated heterocycles. The Hall–Kier alpha value is -1.78. The van der Waals surface area contributed by atoms with Crippen molar-refractivity contribution < 1.29 is 14.0 Å². The van der Waals surface area contributed by atoms with Gasteiger partial charge in [0.2, 0.25) is 5.91 Å². The summed E-state index contributed by atoms with van der Waals surface area (Å²) in [4.78, 5) is 26.2. The van der Waals surface area contributed by atoms with Gasteiger partial charge in [-0.25, -0.2) is 0 Å². The van der Waals surface area contributed by atoms with Crippen LogP contribution in [0.3, 0.4) is 0 Å². The summed E-state index contributed by atoms with van der Waals surface area (Å²) in [6, 6.07) is 3.37. The molecule has 1 aromatic heterocycles. The van der Waals surface area contributed by atoms with Gasteiger partial charge in [-0.3, -0.25) is 9.59 Å². The van der Waals surface area contributed by atoms with Gasteiger partial charge in [0.25, 0.3) is 5.91 Å². The van der Waals surface area contributed by atoms with Crippen LogP contribution in [-0.4, -0.2) is 36.3 Å². The van der Waals surface area contributed by atoms with Gasteiger partial charge in [-0.15, -0.1) is 0 Å². The van der Waals surface area contributed by atoms with E-state index in [0.29, 0.717) is 18.8 Å². The molecule has 0 aromatic carbocycles. The Morgan fingerprint density at radius 1 is 1.36 bits per heavy atom. The lowest BCUT2D eigenvalue weighted by atomic mass is 9.97. The number of nitrogens with zero attached hydrogens (tertiary/aromatic N) is 1. The minimum absolute atomic E-state index is 0.0773. The zero-order chi connectivity index (χ0) is 15.8. The number of piperidine rings is 1. The predicted octanol–water partition coefficient (Wildman–Crippen LogP) is 2.83. The van der Waals surface area contributed by atoms with E-state index in [1.54, 1.807) is 17.0 Å². The molecule has 1 aromatic rings. The number of hydrogen-bond acceptors (Lipinski definition) is 3. The summed E-state index contributed by atoms with van der Waals surface area (Å²) in [6.45, 7) is 4.09. The molecule has 2 amide bonds. The van der Waals surface area contributed by atoms with E-state index >= 15 is 0 Å². The van der Waals surface area contributed by atoms with Crippen molar-refractivity contribution in [2.75, 3.05) is 19.6 Å². The normalized spacial score (nSPS) is 18.2. The second kappa shape index (κ2) is 8.61. The number of likely N-dealkylation sites (tertiary alicyclic amines) is 1. The van der Waals surface area contributed by atoms with Gasteiger partial charge in [-0.1, -0.05) is 26.2 Å². The van der Waals surface area contributed by atoms with E-state index in [1.165, 1.54) is 19.1 Å². The molecule has 2 rings (SSSR count). The lowest BCUT2D eigenvalue weighted by Gasteiger charge is -2.31. The average Bonchev–Trinajstić information content (AvgIpc) is 3.08. The number of carbonyl (C=O) groups is 2. The van der Waals surface area contributed by atoms with Crippen LogP contribution in [0.15, 0.2) is 22.8 Å². The highest BCUT2D eigenvalue weighted by Gasteiger charge is 2.29. The highest BCUT2D eigenvalue weighted by molar-refractivity contribution is 5.92. The summed E-state index contributed by atoms with van der Waals surface area (Å²) in [5.41, 5.74) is 0. The molecule has 1 fully saturated rings. The third-order valence-corrected chi connectivity index (χ3v) is 4.14. The summed E-state index contributed by atoms with van der Waals surface area (Å²) >= 11 is 0. The van der Waals surface area contributed by atoms with Crippen LogP contribution in [0.4, 0.5) is 0 Å². The highest BCUT2D eigenvalue weighted by atomic mass is 16.3. The second-order valence-corrected chi connectivity index (χ2v) is 5.92. The van der Waals surface area contributed by atoms with E-state index in [0.717, 1.165) is 32.2 Å². The number of hydrogen-bond donors (Lipinski definition) is 1. The fraction of sp³-hybridized carbons (Fsp3) is 0.647. The Labute approximate surface area is 132 Å². The Bertz CT molecular complexity index is 470. The number of unbranched alkanes of at least 4 members (excludes halogenated alkanes) is 3. The van der Waals surface area contributed by atoms with Crippen molar-refractivity contribution in [3.63, 3.8) is 0 Å². The molecule has 1 atom stereocenters. The van der Waals surface area contributed by atoms with Crippen LogP contribution in [-0.2, 0) is 4.79 Å². The summed E-state index contributed by atoms with van der Waals surface area (Å²) in [5, 5.41) is 3.01. The van der Waals surface area contributed by atoms with Gasteiger partial charge < -0.3 is 14.6 Å². The van der Waals surface area contributed by atoms with Crippen LogP contribution in [0.1, 0.15) is 56.0 Å². The molecule has 0 bridgehead atoms. The van der Waals surface area contributed by atoms with E-state index in [9.17, 15) is 9.59 Å². The Morgan fingerprint density at radius 3 is 2.95 bits per heavy atom. The molecule has 1 aliphatic rings. The summed E-state index contributed by atoms with van der Waals surface area (Å²) in [6.07, 6.45) is 7.80. The monoisotopic (exact) mass is 306 g/mol. The molecule has 0 aliphatic carbocycles. The molecule has 122 valence electrons. The highest BCUT2D eigenvalue weighted by Crippen LogP contribution is 2.19. The van der Waals surface area contributed by atoms with E-state index in [2.05, 4.69) is 12.2 Å². The van der Waals surface area contributed by atoms with Gasteiger partial charge in [-0.2, -0.15) is 0 Å². The third kappa shape index (κ3) is 4.61. The van der Waals surface area contributed by atoms with Crippen LogP contribution in [0.5, 0.6) is 0 Å². The first kappa shape index (κ1) is 16.6. The standard InChI is InChI=1S/C17H26N2O3/c1-2-3-4-5-10-18-16(20)14-8-6-11-19(13-14)17(21)15-9-7-12-22-15/h7,9,12,14H,2-6,8,10-11,13H2,1H3,(H,18,20). The molecule has 0 radical (unpaired) electrons. The third-order valence-electron chi connectivity index (χ3n) is 4.14. The van der Waals surface area contributed by atoms with E-state index in [1.807, 2.05) is 0 Å². The first-order valence-electron chi connectivity index (χ1n) is 8.33. The van der Waals surface area contributed by atoms with Crippen LogP contribution in [0, 0.1) is 5.92 Å². The van der Waals surface area contributed by atoms with E-state index in [4.69, 9.17) is 4.42 Å². The number of nitrogens with one attached hydrogen (secondary N) is 1. The molecule has 5 nitrogen and oxygen atoms in total. The molecule has 1 aliphatic heterocycles. The minimum atomic E-state index is -0.120. The van der Waals surface area contributed by atoms with Crippen molar-refractivity contribution in [1.29, 1.82) is 0 Å². The molecular formula is C17H26N2O3. The number of rotatable bonds is 7. The quantitative estimate of drug-likeness (QED) is 0.788. The van der Waals surface area contributed by atoms with Crippen molar-refractivity contribution in [3.05, 3.63) is 24.2 Å². The fourth-order valence-corrected chi connectivity index (χ4v) is 2.84. The molecule has 0 saturated carbocycles. The van der Waals surface area contributed by atoms with Gasteiger partial charge in [-0.05, 0) is 31.4 Å². The molecule has 2 heterocycles. The topological polar surface area (TPSA) is 62.6 Å². The zero-order valence-electron chi connectivity index (χ0n) is 13.3. The van der Waals surface area contributed by atoms with Gasteiger partial charge in [0.05, 0.1) is 12.2 Å². The van der Waals surface area contributed by atoms with E-state index in [-0.39, 0.29) is 17.7 Å². The molecule has 5 heteroatoms. The summed E-state index contributed by atoms with van der Waals surface area (Å²) in [7, 11) is 0. The first-order valence-corrected chi connectivity index (χ1v) is 8.33. The van der Waals surface area contributed by atoms with Gasteiger partial charge in [0.15, 0.2) is 5.76 Å². The molecular weight excluding hydrogens is 280 g/mol. The van der Waals surface area contributed by atoms with Crippen LogP contribution in [0.2, 0.25) is 0 Å². The first-order chi connectivity index (χ1) is 10.7. The van der Waals surface area contributed by atoms with Crippen molar-refractivity contribution in [2.24, 2.45) is 5.92 Å². The smallest absolute Gasteiger partial charge is 0.289 e. The van der Waals surface area contributed by atoms with Gasteiger partial charge in [0.1, 0.15) is 0 Å². The number of carbonyl (C=O) groups excluding carboxylic acids is 2. The Morgan fingerprint density at radius 2 is 2.23 bits per heavy atom. The van der Waals surface area contributed by atoms with E-state index < -0.39 is 0 Å². The van der Waals surface area contributed by atoms with Crippen molar-refractivity contribution >= 4 is 11.8 Å². The van der Waals surface area contributed by atoms with Crippen molar-refractivity contribution in [3.8, 4) is 0 Å². The minimum Gasteiger partial charge on any atom is -0.459 e. The van der Waals surface area contributed by atoms with Gasteiger partial charge >= 0.3 is 0 Å². The summed E-state index contributed by atoms with van der Waals surface area (Å²) in [5.74, 6) is 0.207. The lowest BCUT2D eigenvalue weighted by molar-refractivity contribution is -0.126. The van der Waals surface area contributed by atoms with Crippen LogP contribution in [0.25, 0.3) is 0 Å². The maximum Gasteiger partial charge on any atom is 0.289 e. The second-order valence-electron chi connectivity index (χ2n) is 5.92. The molecule has 22 heavy (non-hydrogen) atoms. The van der Waals surface area contributed by atoms with Crippen molar-refractivity contribution in [2.45, 2.75) is 45.4 Å². The predicted molar refractivity (Wildman–Crippen MR) is 84.5 cm³/mol. The maximum absolute atomic E-state index is 12.3. The van der Waals surface area contributed by atoms with Crippen molar-refractivity contribution in [1.82, 2.24) is 10.2 Å². The van der Waals surface area contributed by atoms with Crippen LogP contribution >= 0.6 is 0 Å². The zero-order valence-corrected chi connectivity index (χ0v) is 13.3. The largest absolute Gasteiger partial charge is 0.459 e. The van der Waals surface area contributed by atoms with Gasteiger partial charge in [0, 0.05) is 19.6 Å². The van der Waals surface area contributed by atoms with Crippen LogP contribution < -0.4 is 5.32 Å². The Balaban J connectivity index is 1.77.